The zero-order valence-corrected chi connectivity index (χ0v) is 13.7. The molecule has 2 heterocycles. The highest BCUT2D eigenvalue weighted by Crippen LogP contribution is 2.33. The van der Waals surface area contributed by atoms with Crippen molar-refractivity contribution in [2.24, 2.45) is 0 Å². The zero-order chi connectivity index (χ0) is 16.2. The van der Waals surface area contributed by atoms with Crippen molar-refractivity contribution in [2.45, 2.75) is 45.1 Å². The van der Waals surface area contributed by atoms with Gasteiger partial charge in [-0.1, -0.05) is 37.1 Å². The summed E-state index contributed by atoms with van der Waals surface area (Å²) in [5.41, 5.74) is 2.16. The van der Waals surface area contributed by atoms with Gasteiger partial charge in [0.15, 0.2) is 0 Å². The van der Waals surface area contributed by atoms with E-state index in [4.69, 9.17) is 0 Å². The predicted octanol–water partition coefficient (Wildman–Crippen LogP) is 3.35. The molecule has 0 saturated carbocycles. The maximum absolute atomic E-state index is 12.8. The van der Waals surface area contributed by atoms with E-state index in [1.165, 1.54) is 12.8 Å². The van der Waals surface area contributed by atoms with Gasteiger partial charge < -0.3 is 9.80 Å². The lowest BCUT2D eigenvalue weighted by Crippen LogP contribution is -2.37. The van der Waals surface area contributed by atoms with Gasteiger partial charge in [0, 0.05) is 26.2 Å². The second-order valence-corrected chi connectivity index (χ2v) is 6.39. The van der Waals surface area contributed by atoms with Crippen LogP contribution >= 0.6 is 0 Å². The highest BCUT2D eigenvalue weighted by atomic mass is 16.2. The molecule has 4 heteroatoms. The number of rotatable bonds is 2. The Balaban J connectivity index is 1.81. The van der Waals surface area contributed by atoms with Gasteiger partial charge in [0.2, 0.25) is 11.8 Å². The van der Waals surface area contributed by atoms with E-state index in [1.54, 1.807) is 11.8 Å². The van der Waals surface area contributed by atoms with E-state index in [1.807, 2.05) is 41.4 Å². The molecule has 4 nitrogen and oxygen atoms in total. The smallest absolute Gasteiger partial charge is 0.225 e. The lowest BCUT2D eigenvalue weighted by Gasteiger charge is -2.33. The van der Waals surface area contributed by atoms with Crippen LogP contribution in [0.3, 0.4) is 0 Å². The number of carbonyl (C=O) groups is 2. The molecule has 2 aliphatic rings. The first-order chi connectivity index (χ1) is 11.2. The normalized spacial score (nSPS) is 20.8. The van der Waals surface area contributed by atoms with Crippen molar-refractivity contribution in [3.8, 4) is 0 Å². The fourth-order valence-corrected chi connectivity index (χ4v) is 3.53. The van der Waals surface area contributed by atoms with Crippen molar-refractivity contribution in [1.82, 2.24) is 9.80 Å². The first kappa shape index (κ1) is 15.8. The molecule has 0 radical (unpaired) electrons. The van der Waals surface area contributed by atoms with Gasteiger partial charge in [-0.15, -0.1) is 0 Å². The molecule has 0 unspecified atom stereocenters. The summed E-state index contributed by atoms with van der Waals surface area (Å²) in [6, 6.07) is 7.83. The Morgan fingerprint density at radius 1 is 1.09 bits per heavy atom. The zero-order valence-electron chi connectivity index (χ0n) is 13.7. The molecule has 3 rings (SSSR count). The third-order valence-electron chi connectivity index (χ3n) is 4.80. The number of benzene rings is 1. The molecule has 1 fully saturated rings. The largest absolute Gasteiger partial charge is 0.343 e. The molecule has 0 aliphatic carbocycles. The molecule has 23 heavy (non-hydrogen) atoms. The van der Waals surface area contributed by atoms with Crippen LogP contribution in [-0.4, -0.2) is 34.7 Å². The summed E-state index contributed by atoms with van der Waals surface area (Å²) < 4.78 is 0. The van der Waals surface area contributed by atoms with Gasteiger partial charge in [0.05, 0.1) is 12.5 Å². The molecule has 1 saturated heterocycles. The Hall–Kier alpha value is -2.10. The van der Waals surface area contributed by atoms with Crippen LogP contribution in [-0.2, 0) is 9.59 Å². The Morgan fingerprint density at radius 3 is 2.48 bits per heavy atom. The molecule has 2 aliphatic heterocycles. The van der Waals surface area contributed by atoms with E-state index in [9.17, 15) is 9.59 Å². The second-order valence-electron chi connectivity index (χ2n) is 6.39. The van der Waals surface area contributed by atoms with Crippen LogP contribution in [0.2, 0.25) is 0 Å². The van der Waals surface area contributed by atoms with E-state index in [0.29, 0.717) is 6.42 Å². The van der Waals surface area contributed by atoms with Crippen LogP contribution in [0.15, 0.2) is 30.5 Å². The number of carbonyl (C=O) groups excluding carboxylic acids is 2. The fraction of sp³-hybridized carbons (Fsp3) is 0.474. The highest BCUT2D eigenvalue weighted by molar-refractivity contribution is 5.82. The van der Waals surface area contributed by atoms with E-state index >= 15 is 0 Å². The highest BCUT2D eigenvalue weighted by Gasteiger charge is 2.29. The maximum atomic E-state index is 12.8. The van der Waals surface area contributed by atoms with Crippen LogP contribution in [0.1, 0.15) is 56.2 Å². The number of likely N-dealkylation sites (tertiary alicyclic amines) is 1. The molecule has 0 spiro atoms. The average Bonchev–Trinajstić information content (AvgIpc) is 2.84. The molecule has 2 amide bonds. The topological polar surface area (TPSA) is 40.6 Å². The third-order valence-corrected chi connectivity index (χ3v) is 4.80. The number of hydrogen-bond donors (Lipinski definition) is 0. The molecule has 1 aromatic carbocycles. The third kappa shape index (κ3) is 3.46. The Bertz CT molecular complexity index is 616. The van der Waals surface area contributed by atoms with E-state index in [-0.39, 0.29) is 17.9 Å². The standard InChI is InChI=1S/C19H24N2O2/c1-15(22)21-13-10-16-8-4-5-9-17(16)18(21)14-19(23)20-11-6-2-3-7-12-20/h4-5,8-10,13,18H,2-3,6-7,11-12,14H2,1H3/t18-/m0/s1. The fourth-order valence-electron chi connectivity index (χ4n) is 3.53. The monoisotopic (exact) mass is 312 g/mol. The minimum Gasteiger partial charge on any atom is -0.343 e. The summed E-state index contributed by atoms with van der Waals surface area (Å²) in [4.78, 5) is 28.4. The lowest BCUT2D eigenvalue weighted by molar-refractivity contribution is -0.134. The Kier molecular flexibility index (Phi) is 4.79. The molecule has 1 atom stereocenters. The summed E-state index contributed by atoms with van der Waals surface area (Å²) >= 11 is 0. The van der Waals surface area contributed by atoms with Crippen molar-refractivity contribution < 1.29 is 9.59 Å². The molecule has 1 aromatic rings. The lowest BCUT2D eigenvalue weighted by atomic mass is 9.93. The van der Waals surface area contributed by atoms with Gasteiger partial charge in [-0.05, 0) is 30.0 Å². The molecule has 122 valence electrons. The maximum Gasteiger partial charge on any atom is 0.225 e. The first-order valence-electron chi connectivity index (χ1n) is 8.50. The van der Waals surface area contributed by atoms with Crippen molar-refractivity contribution in [2.75, 3.05) is 13.1 Å². The van der Waals surface area contributed by atoms with Crippen molar-refractivity contribution in [3.63, 3.8) is 0 Å². The molecular formula is C19H24N2O2. The molecule has 0 N–H and O–H groups in total. The summed E-state index contributed by atoms with van der Waals surface area (Å²) in [5, 5.41) is 0. The minimum absolute atomic E-state index is 0.0237. The number of fused-ring (bicyclic) bond motifs is 1. The number of amides is 2. The van der Waals surface area contributed by atoms with Crippen LogP contribution in [0.4, 0.5) is 0 Å². The number of nitrogens with zero attached hydrogens (tertiary/aromatic N) is 2. The predicted molar refractivity (Wildman–Crippen MR) is 90.4 cm³/mol. The summed E-state index contributed by atoms with van der Waals surface area (Å²) in [5.74, 6) is 0.137. The molecular weight excluding hydrogens is 288 g/mol. The molecule has 0 aromatic heterocycles. The quantitative estimate of drug-likeness (QED) is 0.840. The van der Waals surface area contributed by atoms with Crippen molar-refractivity contribution >= 4 is 17.9 Å². The second kappa shape index (κ2) is 6.99. The number of hydrogen-bond acceptors (Lipinski definition) is 2. The van der Waals surface area contributed by atoms with Crippen molar-refractivity contribution in [1.29, 1.82) is 0 Å². The summed E-state index contributed by atoms with van der Waals surface area (Å²) in [7, 11) is 0. The minimum atomic E-state index is -0.190. The van der Waals surface area contributed by atoms with Gasteiger partial charge in [-0.3, -0.25) is 9.59 Å². The van der Waals surface area contributed by atoms with Gasteiger partial charge >= 0.3 is 0 Å². The van der Waals surface area contributed by atoms with Gasteiger partial charge in [-0.2, -0.15) is 0 Å². The average molecular weight is 312 g/mol. The first-order valence-corrected chi connectivity index (χ1v) is 8.50. The molecule has 0 bridgehead atoms. The van der Waals surface area contributed by atoms with Crippen LogP contribution in [0.5, 0.6) is 0 Å². The SMILES string of the molecule is CC(=O)N1C=Cc2ccccc2[C@@H]1CC(=O)N1CCCCCC1. The van der Waals surface area contributed by atoms with E-state index in [2.05, 4.69) is 0 Å². The van der Waals surface area contributed by atoms with E-state index < -0.39 is 0 Å². The van der Waals surface area contributed by atoms with Crippen LogP contribution in [0.25, 0.3) is 6.08 Å². The van der Waals surface area contributed by atoms with Gasteiger partial charge in [0.1, 0.15) is 0 Å². The Morgan fingerprint density at radius 2 is 1.78 bits per heavy atom. The van der Waals surface area contributed by atoms with Crippen LogP contribution in [0, 0.1) is 0 Å². The summed E-state index contributed by atoms with van der Waals surface area (Å²) in [6.07, 6.45) is 8.71. The van der Waals surface area contributed by atoms with Gasteiger partial charge in [0.25, 0.3) is 0 Å². The van der Waals surface area contributed by atoms with Crippen LogP contribution < -0.4 is 0 Å². The van der Waals surface area contributed by atoms with E-state index in [0.717, 1.165) is 37.1 Å². The Labute approximate surface area is 137 Å². The van der Waals surface area contributed by atoms with Gasteiger partial charge in [-0.25, -0.2) is 0 Å². The van der Waals surface area contributed by atoms with Crippen molar-refractivity contribution in [3.05, 3.63) is 41.6 Å². The summed E-state index contributed by atoms with van der Waals surface area (Å²) in [6.45, 7) is 3.26.